The average molecular weight is 544 g/mol. The van der Waals surface area contributed by atoms with Gasteiger partial charge in [-0.05, 0) is 86.3 Å². The molecule has 0 fully saturated rings. The molecule has 0 unspecified atom stereocenters. The summed E-state index contributed by atoms with van der Waals surface area (Å²) in [6.07, 6.45) is 1.67. The van der Waals surface area contributed by atoms with E-state index in [0.717, 1.165) is 16.8 Å². The number of rotatable bonds is 5. The van der Waals surface area contributed by atoms with Crippen LogP contribution in [-0.4, -0.2) is 14.6 Å². The van der Waals surface area contributed by atoms with Gasteiger partial charge in [-0.25, -0.2) is 0 Å². The molecule has 28 heavy (non-hydrogen) atoms. The molecule has 0 atom stereocenters. The first-order valence-electron chi connectivity index (χ1n) is 8.05. The normalized spacial score (nSPS) is 11.7. The zero-order valence-corrected chi connectivity index (χ0v) is 19.3. The highest BCUT2D eigenvalue weighted by molar-refractivity contribution is 9.11. The van der Waals surface area contributed by atoms with Crippen molar-refractivity contribution >= 4 is 65.5 Å². The molecule has 0 bridgehead atoms. The summed E-state index contributed by atoms with van der Waals surface area (Å²) in [6, 6.07) is 16.9. The van der Waals surface area contributed by atoms with E-state index in [2.05, 4.69) is 36.9 Å². The van der Waals surface area contributed by atoms with Crippen LogP contribution in [-0.2, 0) is 10.1 Å². The second kappa shape index (κ2) is 8.78. The second-order valence-electron chi connectivity index (χ2n) is 5.85. The van der Waals surface area contributed by atoms with E-state index in [0.29, 0.717) is 14.0 Å². The molecule has 3 aromatic carbocycles. The molecule has 3 aromatic rings. The molecule has 0 saturated heterocycles. The van der Waals surface area contributed by atoms with Gasteiger partial charge in [0.1, 0.15) is 4.90 Å². The van der Waals surface area contributed by atoms with Crippen LogP contribution >= 0.6 is 43.5 Å². The van der Waals surface area contributed by atoms with Gasteiger partial charge in [0.2, 0.25) is 0 Å². The van der Waals surface area contributed by atoms with Gasteiger partial charge in [-0.15, -0.1) is 0 Å². The van der Waals surface area contributed by atoms with Crippen LogP contribution in [0.4, 0.5) is 5.69 Å². The summed E-state index contributed by atoms with van der Waals surface area (Å²) in [5.74, 6) is 0.167. The molecule has 0 spiro atoms. The van der Waals surface area contributed by atoms with Gasteiger partial charge >= 0.3 is 10.1 Å². The van der Waals surface area contributed by atoms with E-state index in [1.165, 1.54) is 12.1 Å². The van der Waals surface area contributed by atoms with Gasteiger partial charge in [0, 0.05) is 11.2 Å². The highest BCUT2D eigenvalue weighted by atomic mass is 79.9. The minimum Gasteiger partial charge on any atom is -0.377 e. The molecular weight excluding hydrogens is 530 g/mol. The minimum atomic E-state index is -3.95. The Bertz CT molecular complexity index is 1130. The SMILES string of the molecule is Cc1ccc(Cl)cc1N=Cc1cc(Br)c(OS(=O)(=O)c2ccccc2)c(Br)c1. The Morgan fingerprint density at radius 1 is 1.00 bits per heavy atom. The molecule has 3 rings (SSSR count). The number of hydrogen-bond acceptors (Lipinski definition) is 4. The van der Waals surface area contributed by atoms with Gasteiger partial charge in [-0.2, -0.15) is 8.42 Å². The maximum Gasteiger partial charge on any atom is 0.339 e. The maximum atomic E-state index is 12.5. The molecule has 0 aliphatic carbocycles. The van der Waals surface area contributed by atoms with E-state index < -0.39 is 10.1 Å². The topological polar surface area (TPSA) is 55.7 Å². The molecule has 0 aromatic heterocycles. The molecule has 0 saturated carbocycles. The lowest BCUT2D eigenvalue weighted by molar-refractivity contribution is 0.483. The van der Waals surface area contributed by atoms with Gasteiger partial charge < -0.3 is 4.18 Å². The monoisotopic (exact) mass is 541 g/mol. The summed E-state index contributed by atoms with van der Waals surface area (Å²) in [4.78, 5) is 4.54. The van der Waals surface area contributed by atoms with Gasteiger partial charge in [-0.1, -0.05) is 35.9 Å². The highest BCUT2D eigenvalue weighted by Crippen LogP contribution is 2.36. The third-order valence-electron chi connectivity index (χ3n) is 3.77. The number of hydrogen-bond donors (Lipinski definition) is 0. The molecule has 0 aliphatic heterocycles. The van der Waals surface area contributed by atoms with E-state index in [1.807, 2.05) is 19.1 Å². The zero-order valence-electron chi connectivity index (χ0n) is 14.6. The number of aliphatic imine (C=N–C) groups is 1. The van der Waals surface area contributed by atoms with Crippen LogP contribution < -0.4 is 4.18 Å². The quantitative estimate of drug-likeness (QED) is 0.266. The van der Waals surface area contributed by atoms with Gasteiger partial charge in [0.25, 0.3) is 0 Å². The van der Waals surface area contributed by atoms with Crippen LogP contribution in [0.3, 0.4) is 0 Å². The van der Waals surface area contributed by atoms with Crippen molar-refractivity contribution in [3.63, 3.8) is 0 Å². The number of nitrogens with zero attached hydrogens (tertiary/aromatic N) is 1. The Hall–Kier alpha value is -1.67. The molecule has 0 amide bonds. The third-order valence-corrected chi connectivity index (χ3v) is 6.42. The smallest absolute Gasteiger partial charge is 0.339 e. The van der Waals surface area contributed by atoms with Crippen molar-refractivity contribution in [2.45, 2.75) is 11.8 Å². The summed E-state index contributed by atoms with van der Waals surface area (Å²) in [5, 5.41) is 0.606. The van der Waals surface area contributed by atoms with Crippen LogP contribution in [0.15, 0.2) is 79.5 Å². The average Bonchev–Trinajstić information content (AvgIpc) is 2.66. The van der Waals surface area contributed by atoms with E-state index >= 15 is 0 Å². The van der Waals surface area contributed by atoms with Crippen molar-refractivity contribution in [3.05, 3.63) is 85.8 Å². The molecule has 0 radical (unpaired) electrons. The van der Waals surface area contributed by atoms with E-state index in [-0.39, 0.29) is 10.6 Å². The molecule has 0 aliphatic rings. The maximum absolute atomic E-state index is 12.5. The fourth-order valence-corrected chi connectivity index (χ4v) is 5.09. The van der Waals surface area contributed by atoms with Gasteiger partial charge in [0.05, 0.1) is 14.6 Å². The number of aryl methyl sites for hydroxylation is 1. The van der Waals surface area contributed by atoms with Crippen LogP contribution in [0.2, 0.25) is 5.02 Å². The van der Waals surface area contributed by atoms with Gasteiger partial charge in [0.15, 0.2) is 5.75 Å². The Kier molecular flexibility index (Phi) is 6.60. The van der Waals surface area contributed by atoms with Crippen LogP contribution in [0.5, 0.6) is 5.75 Å². The van der Waals surface area contributed by atoms with Crippen molar-refractivity contribution < 1.29 is 12.6 Å². The van der Waals surface area contributed by atoms with Gasteiger partial charge in [-0.3, -0.25) is 4.99 Å². The Morgan fingerprint density at radius 2 is 1.64 bits per heavy atom. The summed E-state index contributed by atoms with van der Waals surface area (Å²) in [5.41, 5.74) is 2.50. The van der Waals surface area contributed by atoms with E-state index in [9.17, 15) is 8.42 Å². The Morgan fingerprint density at radius 3 is 2.29 bits per heavy atom. The Balaban J connectivity index is 1.89. The van der Waals surface area contributed by atoms with Crippen LogP contribution in [0, 0.1) is 6.92 Å². The van der Waals surface area contributed by atoms with Crippen LogP contribution in [0.1, 0.15) is 11.1 Å². The standard InChI is InChI=1S/C20H14Br2ClNO3S/c1-13-7-8-15(23)11-19(13)24-12-14-9-17(21)20(18(22)10-14)27-28(25,26)16-5-3-2-4-6-16/h2-12H,1H3. The lowest BCUT2D eigenvalue weighted by Gasteiger charge is -2.11. The fourth-order valence-electron chi connectivity index (χ4n) is 2.34. The van der Waals surface area contributed by atoms with Crippen molar-refractivity contribution in [2.24, 2.45) is 4.99 Å². The van der Waals surface area contributed by atoms with Crippen molar-refractivity contribution in [3.8, 4) is 5.75 Å². The summed E-state index contributed by atoms with van der Waals surface area (Å²) in [7, 11) is -3.95. The first kappa shape index (κ1) is 21.0. The van der Waals surface area contributed by atoms with Crippen molar-refractivity contribution in [1.29, 1.82) is 0 Å². The lowest BCUT2D eigenvalue weighted by atomic mass is 10.2. The molecular formula is C20H14Br2ClNO3S. The zero-order chi connectivity index (χ0) is 20.3. The highest BCUT2D eigenvalue weighted by Gasteiger charge is 2.20. The molecule has 8 heteroatoms. The Labute approximate surface area is 185 Å². The third kappa shape index (κ3) is 5.03. The molecule has 144 valence electrons. The molecule has 0 N–H and O–H groups in total. The second-order valence-corrected chi connectivity index (χ2v) is 9.54. The van der Waals surface area contributed by atoms with Crippen molar-refractivity contribution in [2.75, 3.05) is 0 Å². The predicted molar refractivity (Wildman–Crippen MR) is 120 cm³/mol. The first-order chi connectivity index (χ1) is 13.3. The van der Waals surface area contributed by atoms with Crippen molar-refractivity contribution in [1.82, 2.24) is 0 Å². The van der Waals surface area contributed by atoms with E-state index in [1.54, 1.807) is 42.6 Å². The lowest BCUT2D eigenvalue weighted by Crippen LogP contribution is -2.10. The number of benzene rings is 3. The summed E-state index contributed by atoms with van der Waals surface area (Å²) in [6.45, 7) is 1.94. The molecule has 0 heterocycles. The first-order valence-corrected chi connectivity index (χ1v) is 11.4. The summed E-state index contributed by atoms with van der Waals surface area (Å²) >= 11 is 12.8. The fraction of sp³-hybridized carbons (Fsp3) is 0.0500. The van der Waals surface area contributed by atoms with Crippen LogP contribution in [0.25, 0.3) is 0 Å². The molecule has 4 nitrogen and oxygen atoms in total. The number of halogens is 3. The van der Waals surface area contributed by atoms with E-state index in [4.69, 9.17) is 15.8 Å². The largest absolute Gasteiger partial charge is 0.377 e. The minimum absolute atomic E-state index is 0.0795. The summed E-state index contributed by atoms with van der Waals surface area (Å²) < 4.78 is 31.2. The predicted octanol–water partition coefficient (Wildman–Crippen LogP) is 6.69.